The highest BCUT2D eigenvalue weighted by molar-refractivity contribution is 5.44. The van der Waals surface area contributed by atoms with Crippen LogP contribution in [0.15, 0.2) is 27.3 Å². The smallest absolute Gasteiger partial charge is 0.238 e. The molecule has 0 radical (unpaired) electrons. The maximum Gasteiger partial charge on any atom is 0.238 e. The van der Waals surface area contributed by atoms with E-state index in [2.05, 4.69) is 22.4 Å². The second-order valence-electron chi connectivity index (χ2n) is 4.18. The normalized spacial score (nSPS) is 25.1. The van der Waals surface area contributed by atoms with Crippen molar-refractivity contribution in [2.75, 3.05) is 13.1 Å². The van der Waals surface area contributed by atoms with Gasteiger partial charge in [-0.1, -0.05) is 12.1 Å². The van der Waals surface area contributed by atoms with Gasteiger partial charge >= 0.3 is 0 Å². The summed E-state index contributed by atoms with van der Waals surface area (Å²) in [5, 5.41) is 7.24. The maximum atomic E-state index is 5.28. The molecule has 2 aromatic rings. The summed E-state index contributed by atoms with van der Waals surface area (Å²) in [6.07, 6.45) is 1.60. The molecule has 0 saturated carbocycles. The second-order valence-corrected chi connectivity index (χ2v) is 4.18. The van der Waals surface area contributed by atoms with Crippen LogP contribution < -0.4 is 5.32 Å². The summed E-state index contributed by atoms with van der Waals surface area (Å²) in [5.41, 5.74) is 0. The summed E-state index contributed by atoms with van der Waals surface area (Å²) >= 11 is 0. The monoisotopic (exact) mass is 219 g/mol. The first-order valence-electron chi connectivity index (χ1n) is 5.43. The molecule has 1 aliphatic rings. The van der Waals surface area contributed by atoms with Crippen molar-refractivity contribution in [2.45, 2.75) is 12.8 Å². The van der Waals surface area contributed by atoms with Crippen molar-refractivity contribution in [2.24, 2.45) is 5.92 Å². The van der Waals surface area contributed by atoms with Crippen LogP contribution in [-0.2, 0) is 0 Å². The number of nitrogens with zero attached hydrogens (tertiary/aromatic N) is 2. The quantitative estimate of drug-likeness (QED) is 0.832. The summed E-state index contributed by atoms with van der Waals surface area (Å²) < 4.78 is 10.5. The van der Waals surface area contributed by atoms with E-state index in [1.165, 1.54) is 0 Å². The first-order valence-corrected chi connectivity index (χ1v) is 5.43. The lowest BCUT2D eigenvalue weighted by Gasteiger charge is -2.06. The molecule has 0 spiro atoms. The molecule has 0 amide bonds. The average Bonchev–Trinajstić information content (AvgIpc) is 2.96. The van der Waals surface area contributed by atoms with Gasteiger partial charge in [-0.05, 0) is 24.6 Å². The Balaban J connectivity index is 1.88. The topological polar surface area (TPSA) is 64.1 Å². The standard InChI is InChI=1S/C11H13N3O2/c1-7-5-12-6-8(7)11-13-10(14-16-11)9-3-2-4-15-9/h2-4,7-8,12H,5-6H2,1H3/t7-,8-/m1/s1. The number of hydrogen-bond acceptors (Lipinski definition) is 5. The predicted molar refractivity (Wildman–Crippen MR) is 56.8 cm³/mol. The Labute approximate surface area is 92.8 Å². The van der Waals surface area contributed by atoms with E-state index >= 15 is 0 Å². The molecule has 0 aliphatic carbocycles. The zero-order valence-corrected chi connectivity index (χ0v) is 9.01. The lowest BCUT2D eigenvalue weighted by Crippen LogP contribution is -2.08. The van der Waals surface area contributed by atoms with E-state index in [0.717, 1.165) is 13.1 Å². The summed E-state index contributed by atoms with van der Waals surface area (Å²) in [4.78, 5) is 4.37. The highest BCUT2D eigenvalue weighted by atomic mass is 16.5. The van der Waals surface area contributed by atoms with Crippen molar-refractivity contribution in [1.82, 2.24) is 15.5 Å². The fraction of sp³-hybridized carbons (Fsp3) is 0.455. The summed E-state index contributed by atoms with van der Waals surface area (Å²) in [6.45, 7) is 4.09. The number of aromatic nitrogens is 2. The van der Waals surface area contributed by atoms with Crippen molar-refractivity contribution in [3.63, 3.8) is 0 Å². The minimum absolute atomic E-state index is 0.316. The molecule has 1 saturated heterocycles. The third-order valence-electron chi connectivity index (χ3n) is 3.02. The van der Waals surface area contributed by atoms with Gasteiger partial charge in [-0.3, -0.25) is 0 Å². The van der Waals surface area contributed by atoms with E-state index < -0.39 is 0 Å². The first kappa shape index (κ1) is 9.59. The number of furan rings is 1. The van der Waals surface area contributed by atoms with E-state index in [-0.39, 0.29) is 0 Å². The van der Waals surface area contributed by atoms with Gasteiger partial charge in [0.15, 0.2) is 5.76 Å². The highest BCUT2D eigenvalue weighted by Gasteiger charge is 2.29. The lowest BCUT2D eigenvalue weighted by atomic mass is 9.98. The Hall–Kier alpha value is -1.62. The third kappa shape index (κ3) is 1.53. The molecule has 0 bridgehead atoms. The number of hydrogen-bond donors (Lipinski definition) is 1. The van der Waals surface area contributed by atoms with Crippen LogP contribution in [0.2, 0.25) is 0 Å². The van der Waals surface area contributed by atoms with Crippen molar-refractivity contribution >= 4 is 0 Å². The molecule has 1 aliphatic heterocycles. The van der Waals surface area contributed by atoms with Gasteiger partial charge in [0.25, 0.3) is 0 Å². The highest BCUT2D eigenvalue weighted by Crippen LogP contribution is 2.27. The van der Waals surface area contributed by atoms with Crippen molar-refractivity contribution in [3.05, 3.63) is 24.3 Å². The molecule has 2 atom stereocenters. The first-order chi connectivity index (χ1) is 7.84. The Bertz CT molecular complexity index is 463. The zero-order chi connectivity index (χ0) is 11.0. The van der Waals surface area contributed by atoms with Gasteiger partial charge in [0.2, 0.25) is 11.7 Å². The minimum atomic E-state index is 0.316. The fourth-order valence-electron chi connectivity index (χ4n) is 2.03. The van der Waals surface area contributed by atoms with Crippen LogP contribution in [0, 0.1) is 5.92 Å². The third-order valence-corrected chi connectivity index (χ3v) is 3.02. The molecule has 1 fully saturated rings. The van der Waals surface area contributed by atoms with Gasteiger partial charge in [0.05, 0.1) is 12.2 Å². The molecule has 5 heteroatoms. The SMILES string of the molecule is C[C@@H]1CNC[C@H]1c1nc(-c2ccco2)no1. The van der Waals surface area contributed by atoms with E-state index in [0.29, 0.717) is 29.3 Å². The number of nitrogens with one attached hydrogen (secondary N) is 1. The zero-order valence-electron chi connectivity index (χ0n) is 9.01. The van der Waals surface area contributed by atoms with Gasteiger partial charge in [-0.2, -0.15) is 4.98 Å². The van der Waals surface area contributed by atoms with Gasteiger partial charge in [0, 0.05) is 6.54 Å². The summed E-state index contributed by atoms with van der Waals surface area (Å²) in [5.74, 6) is 2.72. The van der Waals surface area contributed by atoms with Crippen LogP contribution in [0.5, 0.6) is 0 Å². The molecule has 84 valence electrons. The molecule has 2 aromatic heterocycles. The Morgan fingerprint density at radius 1 is 1.44 bits per heavy atom. The molecular weight excluding hydrogens is 206 g/mol. The fourth-order valence-corrected chi connectivity index (χ4v) is 2.03. The van der Waals surface area contributed by atoms with Crippen LogP contribution in [0.25, 0.3) is 11.6 Å². The Morgan fingerprint density at radius 2 is 2.38 bits per heavy atom. The number of rotatable bonds is 2. The summed E-state index contributed by atoms with van der Waals surface area (Å²) in [6, 6.07) is 3.63. The van der Waals surface area contributed by atoms with E-state index in [9.17, 15) is 0 Å². The van der Waals surface area contributed by atoms with Crippen LogP contribution >= 0.6 is 0 Å². The van der Waals surface area contributed by atoms with Crippen molar-refractivity contribution < 1.29 is 8.94 Å². The maximum absolute atomic E-state index is 5.28. The largest absolute Gasteiger partial charge is 0.461 e. The molecule has 0 aromatic carbocycles. The van der Waals surface area contributed by atoms with Crippen molar-refractivity contribution in [3.8, 4) is 11.6 Å². The molecule has 1 N–H and O–H groups in total. The van der Waals surface area contributed by atoms with Gasteiger partial charge in [-0.15, -0.1) is 0 Å². The summed E-state index contributed by atoms with van der Waals surface area (Å²) in [7, 11) is 0. The molecular formula is C11H13N3O2. The molecule has 3 heterocycles. The molecule has 16 heavy (non-hydrogen) atoms. The van der Waals surface area contributed by atoms with Gasteiger partial charge in [0.1, 0.15) is 0 Å². The van der Waals surface area contributed by atoms with Crippen molar-refractivity contribution in [1.29, 1.82) is 0 Å². The van der Waals surface area contributed by atoms with E-state index in [1.807, 2.05) is 12.1 Å². The second kappa shape index (κ2) is 3.75. The van der Waals surface area contributed by atoms with Crippen LogP contribution in [0.3, 0.4) is 0 Å². The van der Waals surface area contributed by atoms with E-state index in [1.54, 1.807) is 6.26 Å². The molecule has 3 rings (SSSR count). The van der Waals surface area contributed by atoms with E-state index in [4.69, 9.17) is 8.94 Å². The van der Waals surface area contributed by atoms with Gasteiger partial charge < -0.3 is 14.3 Å². The molecule has 5 nitrogen and oxygen atoms in total. The Morgan fingerprint density at radius 3 is 3.06 bits per heavy atom. The Kier molecular flexibility index (Phi) is 2.25. The molecule has 0 unspecified atom stereocenters. The lowest BCUT2D eigenvalue weighted by molar-refractivity contribution is 0.339. The van der Waals surface area contributed by atoms with Crippen LogP contribution in [-0.4, -0.2) is 23.2 Å². The van der Waals surface area contributed by atoms with Crippen LogP contribution in [0.4, 0.5) is 0 Å². The predicted octanol–water partition coefficient (Wildman–Crippen LogP) is 1.65. The average molecular weight is 219 g/mol. The van der Waals surface area contributed by atoms with Crippen LogP contribution in [0.1, 0.15) is 18.7 Å². The minimum Gasteiger partial charge on any atom is -0.461 e. The van der Waals surface area contributed by atoms with Gasteiger partial charge in [-0.25, -0.2) is 0 Å².